The van der Waals surface area contributed by atoms with Crippen molar-refractivity contribution >= 4 is 27.7 Å². The Labute approximate surface area is 102 Å². The lowest BCUT2D eigenvalue weighted by atomic mass is 10.1. The Hall–Kier alpha value is -1.10. The molecule has 0 radical (unpaired) electrons. The number of hydrogen-bond donors (Lipinski definition) is 0. The zero-order chi connectivity index (χ0) is 11.7. The highest BCUT2D eigenvalue weighted by atomic mass is 79.9. The zero-order valence-electron chi connectivity index (χ0n) is 8.90. The monoisotopic (exact) mass is 285 g/mol. The van der Waals surface area contributed by atoms with E-state index in [4.69, 9.17) is 4.42 Å². The van der Waals surface area contributed by atoms with Gasteiger partial charge in [-0.3, -0.25) is 14.5 Å². The van der Waals surface area contributed by atoms with E-state index in [9.17, 15) is 9.59 Å². The molecule has 1 saturated heterocycles. The van der Waals surface area contributed by atoms with Crippen LogP contribution < -0.4 is 0 Å². The molecule has 5 heteroatoms. The lowest BCUT2D eigenvalue weighted by molar-refractivity contribution is -0.125. The van der Waals surface area contributed by atoms with Crippen LogP contribution in [0.15, 0.2) is 21.4 Å². The first-order chi connectivity index (χ1) is 7.63. The molecule has 0 spiro atoms. The topological polar surface area (TPSA) is 50.5 Å². The lowest BCUT2D eigenvalue weighted by Gasteiger charge is -2.13. The maximum absolute atomic E-state index is 12.0. The van der Waals surface area contributed by atoms with Crippen molar-refractivity contribution in [3.63, 3.8) is 0 Å². The Balaban J connectivity index is 2.18. The molecule has 1 unspecified atom stereocenters. The molecule has 0 saturated carbocycles. The van der Waals surface area contributed by atoms with Crippen molar-refractivity contribution in [1.29, 1.82) is 0 Å². The number of likely N-dealkylation sites (tertiary alicyclic amines) is 1. The van der Waals surface area contributed by atoms with Crippen molar-refractivity contribution in [2.75, 3.05) is 6.54 Å². The molecule has 1 atom stereocenters. The molecule has 2 heterocycles. The van der Waals surface area contributed by atoms with Gasteiger partial charge in [0.2, 0.25) is 5.91 Å². The van der Waals surface area contributed by atoms with Crippen molar-refractivity contribution in [2.24, 2.45) is 5.92 Å². The largest absolute Gasteiger partial charge is 0.457 e. The average Bonchev–Trinajstić information content (AvgIpc) is 2.83. The van der Waals surface area contributed by atoms with Gasteiger partial charge in [0.05, 0.1) is 11.8 Å². The predicted octanol–water partition coefficient (Wildman–Crippen LogP) is 2.44. The summed E-state index contributed by atoms with van der Waals surface area (Å²) < 4.78 is 5.37. The van der Waals surface area contributed by atoms with E-state index in [0.29, 0.717) is 29.1 Å². The lowest BCUT2D eigenvalue weighted by Crippen LogP contribution is -2.32. The fourth-order valence-corrected chi connectivity index (χ4v) is 2.25. The van der Waals surface area contributed by atoms with E-state index in [-0.39, 0.29) is 11.8 Å². The van der Waals surface area contributed by atoms with Crippen molar-refractivity contribution in [3.05, 3.63) is 22.6 Å². The summed E-state index contributed by atoms with van der Waals surface area (Å²) in [4.78, 5) is 25.0. The van der Waals surface area contributed by atoms with Gasteiger partial charge in [0.15, 0.2) is 4.67 Å². The van der Waals surface area contributed by atoms with E-state index in [1.54, 1.807) is 6.07 Å². The van der Waals surface area contributed by atoms with E-state index < -0.39 is 0 Å². The van der Waals surface area contributed by atoms with Crippen molar-refractivity contribution < 1.29 is 14.0 Å². The van der Waals surface area contributed by atoms with Crippen LogP contribution in [0.4, 0.5) is 0 Å². The van der Waals surface area contributed by atoms with Gasteiger partial charge in [-0.1, -0.05) is 13.3 Å². The molecule has 1 aliphatic heterocycles. The van der Waals surface area contributed by atoms with Crippen molar-refractivity contribution in [3.8, 4) is 0 Å². The molecule has 16 heavy (non-hydrogen) atoms. The second-order valence-corrected chi connectivity index (χ2v) is 4.62. The van der Waals surface area contributed by atoms with Gasteiger partial charge in [0, 0.05) is 13.0 Å². The molecular formula is C11H12BrNO3. The summed E-state index contributed by atoms with van der Waals surface area (Å²) in [6, 6.07) is 1.57. The molecule has 2 rings (SSSR count). The first-order valence-electron chi connectivity index (χ1n) is 5.21. The van der Waals surface area contributed by atoms with Gasteiger partial charge in [-0.15, -0.1) is 0 Å². The van der Waals surface area contributed by atoms with Crippen LogP contribution in [0.2, 0.25) is 0 Å². The molecule has 0 aliphatic carbocycles. The summed E-state index contributed by atoms with van der Waals surface area (Å²) in [5, 5.41) is 0. The van der Waals surface area contributed by atoms with Crippen LogP contribution in [0.25, 0.3) is 0 Å². The van der Waals surface area contributed by atoms with Crippen LogP contribution >= 0.6 is 15.9 Å². The van der Waals surface area contributed by atoms with Crippen LogP contribution in [0.1, 0.15) is 30.1 Å². The number of carbonyl (C=O) groups excluding carboxylic acids is 2. The smallest absolute Gasteiger partial charge is 0.264 e. The molecule has 1 fully saturated rings. The fraction of sp³-hybridized carbons (Fsp3) is 0.455. The van der Waals surface area contributed by atoms with Gasteiger partial charge < -0.3 is 4.42 Å². The Kier molecular flexibility index (Phi) is 3.14. The van der Waals surface area contributed by atoms with Crippen LogP contribution in [0.3, 0.4) is 0 Å². The van der Waals surface area contributed by atoms with Gasteiger partial charge in [-0.25, -0.2) is 0 Å². The van der Waals surface area contributed by atoms with E-state index in [2.05, 4.69) is 15.9 Å². The van der Waals surface area contributed by atoms with Crippen LogP contribution in [0, 0.1) is 5.92 Å². The first-order valence-corrected chi connectivity index (χ1v) is 6.00. The second-order valence-electron chi connectivity index (χ2n) is 3.90. The molecule has 0 N–H and O–H groups in total. The Bertz CT molecular complexity index is 427. The van der Waals surface area contributed by atoms with Gasteiger partial charge in [0.1, 0.15) is 0 Å². The third kappa shape index (κ3) is 1.91. The molecule has 1 aromatic heterocycles. The molecule has 1 aliphatic rings. The first kappa shape index (κ1) is 11.4. The average molecular weight is 286 g/mol. The quantitative estimate of drug-likeness (QED) is 0.785. The van der Waals surface area contributed by atoms with Gasteiger partial charge in [-0.2, -0.15) is 0 Å². The summed E-state index contributed by atoms with van der Waals surface area (Å²) in [5.41, 5.74) is 0.408. The van der Waals surface area contributed by atoms with Crippen LogP contribution in [-0.2, 0) is 4.79 Å². The predicted molar refractivity (Wildman–Crippen MR) is 60.8 cm³/mol. The fourth-order valence-electron chi connectivity index (χ4n) is 1.84. The molecular weight excluding hydrogens is 274 g/mol. The maximum Gasteiger partial charge on any atom is 0.264 e. The highest BCUT2D eigenvalue weighted by molar-refractivity contribution is 9.10. The number of hydrogen-bond acceptors (Lipinski definition) is 3. The van der Waals surface area contributed by atoms with Crippen LogP contribution in [-0.4, -0.2) is 23.3 Å². The summed E-state index contributed by atoms with van der Waals surface area (Å²) in [6.07, 6.45) is 2.81. The molecule has 86 valence electrons. The molecule has 1 aromatic rings. The Morgan fingerprint density at radius 2 is 2.44 bits per heavy atom. The van der Waals surface area contributed by atoms with Gasteiger partial charge in [0.25, 0.3) is 5.91 Å². The molecule has 0 bridgehead atoms. The van der Waals surface area contributed by atoms with Crippen LogP contribution in [0.5, 0.6) is 0 Å². The summed E-state index contributed by atoms with van der Waals surface area (Å²) in [6.45, 7) is 2.55. The SMILES string of the molecule is CCC1CC(=O)N(C(=O)c2ccoc2Br)C1. The number of carbonyl (C=O) groups is 2. The minimum absolute atomic E-state index is 0.0926. The summed E-state index contributed by atoms with van der Waals surface area (Å²) in [7, 11) is 0. The van der Waals surface area contributed by atoms with E-state index in [1.807, 2.05) is 6.92 Å². The highest BCUT2D eigenvalue weighted by Gasteiger charge is 2.34. The standard InChI is InChI=1S/C11H12BrNO3/c1-2-7-5-9(14)13(6-7)11(15)8-3-4-16-10(8)12/h3-4,7H,2,5-6H2,1H3. The Morgan fingerprint density at radius 3 is 2.94 bits per heavy atom. The van der Waals surface area contributed by atoms with Crippen molar-refractivity contribution in [2.45, 2.75) is 19.8 Å². The zero-order valence-corrected chi connectivity index (χ0v) is 10.5. The van der Waals surface area contributed by atoms with E-state index >= 15 is 0 Å². The third-order valence-corrected chi connectivity index (χ3v) is 3.49. The van der Waals surface area contributed by atoms with E-state index in [1.165, 1.54) is 11.2 Å². The van der Waals surface area contributed by atoms with E-state index in [0.717, 1.165) is 6.42 Å². The second kappa shape index (κ2) is 4.41. The molecule has 2 amide bonds. The maximum atomic E-state index is 12.0. The summed E-state index contributed by atoms with van der Waals surface area (Å²) in [5.74, 6) is -0.0753. The van der Waals surface area contributed by atoms with Gasteiger partial charge in [-0.05, 0) is 27.9 Å². The molecule has 0 aromatic carbocycles. The van der Waals surface area contributed by atoms with Gasteiger partial charge >= 0.3 is 0 Å². The number of furan rings is 1. The number of amides is 2. The minimum atomic E-state index is -0.276. The number of rotatable bonds is 2. The highest BCUT2D eigenvalue weighted by Crippen LogP contribution is 2.25. The third-order valence-electron chi connectivity index (χ3n) is 2.88. The normalized spacial score (nSPS) is 20.5. The number of nitrogens with zero attached hydrogens (tertiary/aromatic N) is 1. The molecule has 4 nitrogen and oxygen atoms in total. The Morgan fingerprint density at radius 1 is 1.69 bits per heavy atom. The summed E-state index contributed by atoms with van der Waals surface area (Å²) >= 11 is 3.14. The number of halogens is 1. The number of imide groups is 1. The van der Waals surface area contributed by atoms with Crippen molar-refractivity contribution in [1.82, 2.24) is 4.90 Å². The minimum Gasteiger partial charge on any atom is -0.457 e.